The van der Waals surface area contributed by atoms with E-state index in [1.54, 1.807) is 0 Å². The number of aliphatic hydroxyl groups is 6. The minimum absolute atomic E-state index is 0. The van der Waals surface area contributed by atoms with Crippen molar-refractivity contribution >= 4 is 47.3 Å². The van der Waals surface area contributed by atoms with Crippen molar-refractivity contribution in [3.05, 3.63) is 0 Å². The van der Waals surface area contributed by atoms with Crippen LogP contribution >= 0.6 is 0 Å². The zero-order valence-electron chi connectivity index (χ0n) is 31.4. The van der Waals surface area contributed by atoms with E-state index in [9.17, 15) is 92.4 Å². The maximum absolute atomic E-state index is 12.1. The Morgan fingerprint density at radius 3 is 1.56 bits per heavy atom. The third-order valence-electron chi connectivity index (χ3n) is 7.51. The Morgan fingerprint density at radius 1 is 0.610 bits per heavy atom. The Hall–Kier alpha value is 3.47. The SMILES string of the molecule is O=C([O-])[C@H]1O[C@@H](O[C@H]2[C@H](O)[C@@H](NS(=O)(=O)[O-])[C@H](OCCNS(=O)(=O)[O-])O[C@@H]2CO)[C@H](O)[C@@H](O)[C@@H]1O[C@H]1O[C@H](COS(=O)(=O)[O-])[C@@H](O)[C@H](O)[C@H]1NS(=O)(=O)[O-].[Na+].[Na+].[Na+].[Na+].[Na+]. The molecule has 0 aromatic rings. The van der Waals surface area contributed by atoms with Crippen molar-refractivity contribution < 1.29 is 273 Å². The van der Waals surface area contributed by atoms with Crippen LogP contribution in [0.25, 0.3) is 0 Å². The maximum atomic E-state index is 12.1. The standard InChI is InChI=1S/C20H37N3O27S4.5Na/c24-3-5-14(11(27)8(23-53(38,39)40)18(46-5)44-2-1-21-51(32,33)34)48-20-13(29)12(28)15(16(50-20)17(30)31)49-19-7(22-52(35,36)37)10(26)9(25)6(47-19)4-45-54(41,42)43;;;;;/h5-16,18-29H,1-4H2,(H,30,31)(H,32,33,34)(H,35,36,37)(H,38,39,40)(H,41,42,43);;;;;/q;5*+1/p-5/t5-,6-,7-,8-,9-,10-,11-,12-,13-,14-,15+,16+,18-,19-,20-;;;;;/m1...../s1. The van der Waals surface area contributed by atoms with Crippen LogP contribution in [0.1, 0.15) is 0 Å². The van der Waals surface area contributed by atoms with Gasteiger partial charge in [0, 0.05) is 6.54 Å². The molecule has 3 fully saturated rings. The molecule has 0 unspecified atom stereocenters. The van der Waals surface area contributed by atoms with Gasteiger partial charge in [0.05, 0.1) is 25.8 Å². The van der Waals surface area contributed by atoms with Crippen LogP contribution in [0.5, 0.6) is 0 Å². The van der Waals surface area contributed by atoms with Gasteiger partial charge in [-0.05, 0) is 0 Å². The van der Waals surface area contributed by atoms with E-state index in [0.29, 0.717) is 0 Å². The Balaban J connectivity index is -0.00000627. The summed E-state index contributed by atoms with van der Waals surface area (Å²) in [6, 6.07) is -4.59. The van der Waals surface area contributed by atoms with E-state index in [1.165, 1.54) is 14.2 Å². The minimum Gasteiger partial charge on any atom is -0.735 e. The van der Waals surface area contributed by atoms with Gasteiger partial charge >= 0.3 is 148 Å². The van der Waals surface area contributed by atoms with Crippen LogP contribution in [0, 0.1) is 0 Å². The average Bonchev–Trinajstić information content (AvgIpc) is 3.01. The van der Waals surface area contributed by atoms with Crippen molar-refractivity contribution in [2.75, 3.05) is 26.4 Å². The molecular formula is C20H32N3Na5O27S4. The van der Waals surface area contributed by atoms with Gasteiger partial charge in [-0.15, -0.1) is 0 Å². The molecule has 0 amide bonds. The van der Waals surface area contributed by atoms with E-state index >= 15 is 0 Å². The van der Waals surface area contributed by atoms with Crippen LogP contribution < -0.4 is 167 Å². The molecule has 0 radical (unpaired) electrons. The molecule has 59 heavy (non-hydrogen) atoms. The molecule has 3 aliphatic heterocycles. The van der Waals surface area contributed by atoms with Gasteiger partial charge in [0.2, 0.25) is 10.4 Å². The number of carbonyl (C=O) groups excluding carboxylic acids is 1. The monoisotopic (exact) mass is 989 g/mol. The Kier molecular flexibility index (Phi) is 31.8. The number of aliphatic carboxylic acids is 1. The molecule has 15 atom stereocenters. The van der Waals surface area contributed by atoms with E-state index in [4.69, 9.17) is 28.4 Å². The van der Waals surface area contributed by atoms with Gasteiger partial charge < -0.3 is 87.2 Å². The molecule has 318 valence electrons. The molecular weight excluding hydrogens is 957 g/mol. The van der Waals surface area contributed by atoms with Crippen LogP contribution in [0.2, 0.25) is 0 Å². The van der Waals surface area contributed by atoms with Crippen molar-refractivity contribution in [1.82, 2.24) is 14.2 Å². The van der Waals surface area contributed by atoms with Gasteiger partial charge in [-0.3, -0.25) is 4.18 Å². The van der Waals surface area contributed by atoms with Crippen LogP contribution in [-0.2, 0) is 78.7 Å². The second-order valence-corrected chi connectivity index (χ2v) is 15.8. The van der Waals surface area contributed by atoms with Crippen molar-refractivity contribution in [3.8, 4) is 0 Å². The van der Waals surface area contributed by atoms with Gasteiger partial charge in [-0.25, -0.2) is 47.8 Å². The fourth-order valence-electron chi connectivity index (χ4n) is 5.24. The first-order chi connectivity index (χ1) is 24.6. The minimum atomic E-state index is -5.60. The number of ether oxygens (including phenoxy) is 6. The van der Waals surface area contributed by atoms with Crippen molar-refractivity contribution in [1.29, 1.82) is 0 Å². The quantitative estimate of drug-likeness (QED) is 0.0266. The third-order valence-corrected chi connectivity index (χ3v) is 9.62. The summed E-state index contributed by atoms with van der Waals surface area (Å²) in [6.07, 6.45) is -30.7. The molecule has 0 spiro atoms. The fraction of sp³-hybridized carbons (Fsp3) is 0.950. The van der Waals surface area contributed by atoms with E-state index in [0.717, 1.165) is 0 Å². The largest absolute Gasteiger partial charge is 1.00 e. The molecule has 0 aliphatic carbocycles. The molecule has 0 aromatic carbocycles. The number of rotatable bonds is 18. The number of nitrogens with one attached hydrogen (secondary N) is 3. The average molecular weight is 990 g/mol. The summed E-state index contributed by atoms with van der Waals surface area (Å²) >= 11 is 0. The maximum Gasteiger partial charge on any atom is 1.00 e. The third kappa shape index (κ3) is 21.1. The zero-order valence-corrected chi connectivity index (χ0v) is 44.6. The number of carbonyl (C=O) groups is 1. The van der Waals surface area contributed by atoms with E-state index in [1.807, 2.05) is 0 Å². The molecule has 3 rings (SSSR count). The van der Waals surface area contributed by atoms with Crippen LogP contribution in [0.3, 0.4) is 0 Å². The van der Waals surface area contributed by atoms with Gasteiger partial charge in [0.1, 0.15) is 73.1 Å². The normalized spacial score (nSPS) is 35.3. The number of hydrogen-bond donors (Lipinski definition) is 9. The van der Waals surface area contributed by atoms with Crippen molar-refractivity contribution in [2.45, 2.75) is 92.0 Å². The fourth-order valence-corrected chi connectivity index (χ4v) is 7.04. The molecule has 3 heterocycles. The Bertz CT molecular complexity index is 1740. The van der Waals surface area contributed by atoms with Gasteiger partial charge in [-0.1, -0.05) is 0 Å². The van der Waals surface area contributed by atoms with Crippen molar-refractivity contribution in [3.63, 3.8) is 0 Å². The summed E-state index contributed by atoms with van der Waals surface area (Å²) in [6.45, 7) is -4.08. The van der Waals surface area contributed by atoms with Gasteiger partial charge in [0.15, 0.2) is 49.8 Å². The van der Waals surface area contributed by atoms with Gasteiger partial charge in [-0.2, -0.15) is 0 Å². The Morgan fingerprint density at radius 2 is 1.10 bits per heavy atom. The Labute approximate surface area is 446 Å². The van der Waals surface area contributed by atoms with Gasteiger partial charge in [0.25, 0.3) is 0 Å². The zero-order chi connectivity index (χ0) is 41.1. The van der Waals surface area contributed by atoms with E-state index in [2.05, 4.69) is 4.18 Å². The van der Waals surface area contributed by atoms with Crippen LogP contribution in [0.15, 0.2) is 0 Å². The molecule has 9 N–H and O–H groups in total. The molecule has 0 aromatic heterocycles. The predicted molar refractivity (Wildman–Crippen MR) is 150 cm³/mol. The summed E-state index contributed by atoms with van der Waals surface area (Å²) < 4.78 is 173. The van der Waals surface area contributed by atoms with Crippen molar-refractivity contribution in [2.24, 2.45) is 0 Å². The molecule has 39 heteroatoms. The summed E-state index contributed by atoms with van der Waals surface area (Å²) in [5.41, 5.74) is 0. The molecule has 3 aliphatic rings. The first kappa shape index (κ1) is 66.7. The number of carboxylic acid groups (broad SMARTS) is 1. The molecule has 0 bridgehead atoms. The summed E-state index contributed by atoms with van der Waals surface area (Å²) in [5.74, 6) is -2.33. The number of aliphatic hydroxyl groups excluding tert-OH is 6. The smallest absolute Gasteiger partial charge is 0.735 e. The number of hydrogen-bond acceptors (Lipinski definition) is 27. The second-order valence-electron chi connectivity index (χ2n) is 11.3. The summed E-state index contributed by atoms with van der Waals surface area (Å²) in [5, 5.41) is 75.5. The first-order valence-electron chi connectivity index (χ1n) is 14.5. The molecule has 30 nitrogen and oxygen atoms in total. The van der Waals surface area contributed by atoms with Crippen LogP contribution in [-0.4, -0.2) is 207 Å². The molecule has 3 saturated heterocycles. The topological polar surface area (TPSA) is 491 Å². The first-order valence-corrected chi connectivity index (χ1v) is 20.1. The summed E-state index contributed by atoms with van der Waals surface area (Å²) in [4.78, 5) is 12.1. The second kappa shape index (κ2) is 28.1. The van der Waals surface area contributed by atoms with E-state index in [-0.39, 0.29) is 148 Å². The number of carboxylic acids is 1. The summed E-state index contributed by atoms with van der Waals surface area (Å²) in [7, 11) is -21.6. The van der Waals surface area contributed by atoms with E-state index < -0.39 is 166 Å². The molecule has 0 saturated carbocycles. The predicted octanol–water partition coefficient (Wildman–Crippen LogP) is -27.1. The van der Waals surface area contributed by atoms with Crippen LogP contribution in [0.4, 0.5) is 0 Å².